The number of amides is 2. The molecule has 0 spiro atoms. The molecule has 3 N–H and O–H groups in total. The van der Waals surface area contributed by atoms with Crippen LogP contribution < -0.4 is 20.1 Å². The van der Waals surface area contributed by atoms with Crippen LogP contribution in [0.5, 0.6) is 11.5 Å². The first-order valence-electron chi connectivity index (χ1n) is 10.8. The largest absolute Gasteiger partial charge is 0.497 e. The molecule has 0 saturated carbocycles. The molecule has 0 aliphatic rings. The van der Waals surface area contributed by atoms with E-state index in [1.165, 1.54) is 31.0 Å². The van der Waals surface area contributed by atoms with Gasteiger partial charge in [-0.3, -0.25) is 9.59 Å². The number of ether oxygens (including phenoxy) is 2. The quantitative estimate of drug-likeness (QED) is 0.333. The Bertz CT molecular complexity index is 1230. The number of benzene rings is 3. The van der Waals surface area contributed by atoms with E-state index in [9.17, 15) is 19.5 Å². The highest BCUT2D eigenvalue weighted by Crippen LogP contribution is 2.32. The normalized spacial score (nSPS) is 11.3. The van der Waals surface area contributed by atoms with Crippen LogP contribution in [0.15, 0.2) is 71.6 Å². The second-order valence-corrected chi connectivity index (χ2v) is 8.68. The molecule has 0 saturated heterocycles. The third kappa shape index (κ3) is 6.54. The molecular formula is C26H26N2O6S. The van der Waals surface area contributed by atoms with E-state index in [1.54, 1.807) is 55.6 Å². The van der Waals surface area contributed by atoms with Crippen LogP contribution in [-0.4, -0.2) is 42.4 Å². The van der Waals surface area contributed by atoms with E-state index in [1.807, 2.05) is 13.0 Å². The fraction of sp³-hybridized carbons (Fsp3) is 0.192. The maximum Gasteiger partial charge on any atom is 0.336 e. The number of methoxy groups -OCH3 is 2. The third-order valence-electron chi connectivity index (χ3n) is 5.10. The average Bonchev–Trinajstić information content (AvgIpc) is 2.87. The van der Waals surface area contributed by atoms with E-state index in [0.29, 0.717) is 29.3 Å². The highest BCUT2D eigenvalue weighted by Gasteiger charge is 2.21. The number of carboxylic acids is 1. The van der Waals surface area contributed by atoms with Gasteiger partial charge in [0.1, 0.15) is 11.5 Å². The number of carboxylic acid groups (broad SMARTS) is 1. The zero-order valence-corrected chi connectivity index (χ0v) is 20.3. The van der Waals surface area contributed by atoms with Crippen molar-refractivity contribution in [2.24, 2.45) is 0 Å². The van der Waals surface area contributed by atoms with Gasteiger partial charge in [0.05, 0.1) is 36.3 Å². The maximum atomic E-state index is 13.0. The maximum absolute atomic E-state index is 13.0. The zero-order valence-electron chi connectivity index (χ0n) is 19.5. The fourth-order valence-electron chi connectivity index (χ4n) is 3.32. The van der Waals surface area contributed by atoms with E-state index in [0.717, 1.165) is 4.90 Å². The van der Waals surface area contributed by atoms with Crippen molar-refractivity contribution in [3.05, 3.63) is 77.9 Å². The molecule has 3 rings (SSSR count). The molecule has 2 amide bonds. The molecule has 0 heterocycles. The zero-order chi connectivity index (χ0) is 25.4. The molecule has 0 aliphatic carbocycles. The van der Waals surface area contributed by atoms with Gasteiger partial charge in [-0.1, -0.05) is 25.1 Å². The summed E-state index contributed by atoms with van der Waals surface area (Å²) in [5, 5.41) is 14.6. The summed E-state index contributed by atoms with van der Waals surface area (Å²) in [4.78, 5) is 37.9. The lowest BCUT2D eigenvalue weighted by molar-refractivity contribution is -0.115. The summed E-state index contributed by atoms with van der Waals surface area (Å²) in [6, 6.07) is 18.2. The molecule has 3 aromatic carbocycles. The SMILES string of the molecule is CCC(Sc1cccc(NC(=O)c2ccccc2C(=O)O)c1)C(=O)Nc1cc(OC)ccc1OC. The topological polar surface area (TPSA) is 114 Å². The lowest BCUT2D eigenvalue weighted by Crippen LogP contribution is -2.24. The molecule has 35 heavy (non-hydrogen) atoms. The highest BCUT2D eigenvalue weighted by molar-refractivity contribution is 8.00. The Morgan fingerprint density at radius 1 is 0.914 bits per heavy atom. The van der Waals surface area contributed by atoms with Crippen molar-refractivity contribution in [2.45, 2.75) is 23.5 Å². The number of thioether (sulfide) groups is 1. The summed E-state index contributed by atoms with van der Waals surface area (Å²) in [7, 11) is 3.07. The first-order valence-corrected chi connectivity index (χ1v) is 11.7. The minimum absolute atomic E-state index is 0.0658. The van der Waals surface area contributed by atoms with Crippen molar-refractivity contribution in [1.82, 2.24) is 0 Å². The first kappa shape index (κ1) is 25.6. The summed E-state index contributed by atoms with van der Waals surface area (Å²) in [6.07, 6.45) is 0.561. The highest BCUT2D eigenvalue weighted by atomic mass is 32.2. The van der Waals surface area contributed by atoms with Crippen LogP contribution in [0.25, 0.3) is 0 Å². The van der Waals surface area contributed by atoms with Crippen molar-refractivity contribution < 1.29 is 29.0 Å². The van der Waals surface area contributed by atoms with Crippen molar-refractivity contribution in [3.63, 3.8) is 0 Å². The van der Waals surface area contributed by atoms with Gasteiger partial charge < -0.3 is 25.2 Å². The summed E-state index contributed by atoms with van der Waals surface area (Å²) < 4.78 is 10.6. The number of anilines is 2. The van der Waals surface area contributed by atoms with Crippen molar-refractivity contribution in [2.75, 3.05) is 24.9 Å². The molecule has 1 atom stereocenters. The predicted molar refractivity (Wildman–Crippen MR) is 136 cm³/mol. The van der Waals surface area contributed by atoms with Crippen LogP contribution in [0, 0.1) is 0 Å². The minimum Gasteiger partial charge on any atom is -0.497 e. The van der Waals surface area contributed by atoms with E-state index in [2.05, 4.69) is 10.6 Å². The Hall–Kier alpha value is -3.98. The number of hydrogen-bond donors (Lipinski definition) is 3. The molecule has 8 nitrogen and oxygen atoms in total. The Kier molecular flexibility index (Phi) is 8.74. The smallest absolute Gasteiger partial charge is 0.336 e. The van der Waals surface area contributed by atoms with Crippen molar-refractivity contribution in [1.29, 1.82) is 0 Å². The standard InChI is InChI=1S/C26H26N2O6S/c1-4-23(25(30)28-21-15-17(33-2)12-13-22(21)34-3)35-18-9-7-8-16(14-18)27-24(29)19-10-5-6-11-20(19)26(31)32/h5-15,23H,4H2,1-3H3,(H,27,29)(H,28,30)(H,31,32). The molecule has 3 aromatic rings. The van der Waals surface area contributed by atoms with Crippen molar-refractivity contribution >= 4 is 40.9 Å². The first-order chi connectivity index (χ1) is 16.9. The lowest BCUT2D eigenvalue weighted by Gasteiger charge is -2.17. The van der Waals surface area contributed by atoms with Crippen LogP contribution >= 0.6 is 11.8 Å². The molecule has 1 unspecified atom stereocenters. The summed E-state index contributed by atoms with van der Waals surface area (Å²) in [6.45, 7) is 1.91. The van der Waals surface area contributed by atoms with Gasteiger partial charge in [0, 0.05) is 16.6 Å². The minimum atomic E-state index is -1.18. The Morgan fingerprint density at radius 3 is 2.31 bits per heavy atom. The van der Waals surface area contributed by atoms with Gasteiger partial charge in [0.25, 0.3) is 5.91 Å². The Balaban J connectivity index is 1.73. The van der Waals surface area contributed by atoms with Crippen LogP contribution in [0.1, 0.15) is 34.1 Å². The number of rotatable bonds is 10. The van der Waals surface area contributed by atoms with Crippen LogP contribution in [-0.2, 0) is 4.79 Å². The molecule has 0 aliphatic heterocycles. The van der Waals surface area contributed by atoms with Gasteiger partial charge in [-0.25, -0.2) is 4.79 Å². The van der Waals surface area contributed by atoms with E-state index >= 15 is 0 Å². The average molecular weight is 495 g/mol. The number of nitrogens with one attached hydrogen (secondary N) is 2. The second-order valence-electron chi connectivity index (χ2n) is 7.40. The predicted octanol–water partition coefficient (Wildman–Crippen LogP) is 5.16. The molecule has 182 valence electrons. The van der Waals surface area contributed by atoms with Gasteiger partial charge >= 0.3 is 5.97 Å². The number of carbonyl (C=O) groups is 3. The molecule has 0 bridgehead atoms. The van der Waals surface area contributed by atoms with Crippen LogP contribution in [0.2, 0.25) is 0 Å². The van der Waals surface area contributed by atoms with Gasteiger partial charge in [-0.05, 0) is 48.9 Å². The summed E-state index contributed by atoms with van der Waals surface area (Å²) in [5.74, 6) is -0.793. The molecule has 0 fully saturated rings. The van der Waals surface area contributed by atoms with Crippen molar-refractivity contribution in [3.8, 4) is 11.5 Å². The molecular weight excluding hydrogens is 468 g/mol. The van der Waals surface area contributed by atoms with E-state index in [4.69, 9.17) is 9.47 Å². The van der Waals surface area contributed by atoms with Crippen LogP contribution in [0.4, 0.5) is 11.4 Å². The number of carbonyl (C=O) groups excluding carboxylic acids is 2. The molecule has 9 heteroatoms. The fourth-order valence-corrected chi connectivity index (χ4v) is 4.34. The number of aromatic carboxylic acids is 1. The molecule has 0 radical (unpaired) electrons. The Morgan fingerprint density at radius 2 is 1.66 bits per heavy atom. The lowest BCUT2D eigenvalue weighted by atomic mass is 10.1. The van der Waals surface area contributed by atoms with E-state index in [-0.39, 0.29) is 17.0 Å². The number of hydrogen-bond acceptors (Lipinski definition) is 6. The summed E-state index contributed by atoms with van der Waals surface area (Å²) >= 11 is 1.36. The second kappa shape index (κ2) is 11.9. The Labute approximate surface area is 207 Å². The van der Waals surface area contributed by atoms with Crippen LogP contribution in [0.3, 0.4) is 0 Å². The summed E-state index contributed by atoms with van der Waals surface area (Å²) in [5.41, 5.74) is 0.987. The van der Waals surface area contributed by atoms with Gasteiger partial charge in [0.2, 0.25) is 5.91 Å². The van der Waals surface area contributed by atoms with Gasteiger partial charge in [-0.15, -0.1) is 11.8 Å². The molecule has 0 aromatic heterocycles. The monoisotopic (exact) mass is 494 g/mol. The van der Waals surface area contributed by atoms with Gasteiger partial charge in [0.15, 0.2) is 0 Å². The third-order valence-corrected chi connectivity index (χ3v) is 6.46. The van der Waals surface area contributed by atoms with E-state index < -0.39 is 17.1 Å². The van der Waals surface area contributed by atoms with Gasteiger partial charge in [-0.2, -0.15) is 0 Å².